The van der Waals surface area contributed by atoms with Crippen LogP contribution in [0.1, 0.15) is 48.0 Å². The zero-order valence-corrected chi connectivity index (χ0v) is 16.7. The fourth-order valence-corrected chi connectivity index (χ4v) is 4.63. The molecule has 1 saturated heterocycles. The van der Waals surface area contributed by atoms with Gasteiger partial charge in [0.1, 0.15) is 11.5 Å². The van der Waals surface area contributed by atoms with E-state index in [2.05, 4.69) is 5.32 Å². The lowest BCUT2D eigenvalue weighted by atomic mass is 10.1. The first-order chi connectivity index (χ1) is 13.3. The van der Waals surface area contributed by atoms with Gasteiger partial charge in [-0.2, -0.15) is 0 Å². The summed E-state index contributed by atoms with van der Waals surface area (Å²) in [5, 5.41) is 2.96. The maximum absolute atomic E-state index is 12.5. The van der Waals surface area contributed by atoms with Crippen LogP contribution in [-0.4, -0.2) is 58.7 Å². The molecule has 5 amide bonds. The van der Waals surface area contributed by atoms with E-state index in [1.54, 1.807) is 20.8 Å². The van der Waals surface area contributed by atoms with Crippen LogP contribution in [0, 0.1) is 0 Å². The Morgan fingerprint density at radius 1 is 1.18 bits per heavy atom. The van der Waals surface area contributed by atoms with Crippen LogP contribution in [0.15, 0.2) is 0 Å². The first-order valence-electron chi connectivity index (χ1n) is 9.06. The Balaban J connectivity index is 1.77. The normalized spacial score (nSPS) is 16.2. The van der Waals surface area contributed by atoms with Crippen LogP contribution in [0.3, 0.4) is 0 Å². The van der Waals surface area contributed by atoms with Crippen LogP contribution in [0.25, 0.3) is 0 Å². The fourth-order valence-electron chi connectivity index (χ4n) is 3.34. The molecule has 0 bridgehead atoms. The predicted octanol–water partition coefficient (Wildman–Crippen LogP) is 1.55. The van der Waals surface area contributed by atoms with Gasteiger partial charge in [0, 0.05) is 10.9 Å². The molecule has 0 spiro atoms. The van der Waals surface area contributed by atoms with Crippen LogP contribution in [0.5, 0.6) is 0 Å². The molecular weight excluding hydrogens is 386 g/mol. The number of esters is 1. The standard InChI is InChI=1S/C18H21N3O6S/c1-4-27-17(25)13-10-6-5-7-11(10)28-14(13)19-12(22)8-20-15(23)16(24)21(9(2)3)18(20)26/h9H,4-8H2,1-3H3,(H,19,22). The average molecular weight is 407 g/mol. The van der Waals surface area contributed by atoms with E-state index in [1.807, 2.05) is 0 Å². The summed E-state index contributed by atoms with van der Waals surface area (Å²) in [4.78, 5) is 63.5. The molecule has 10 heteroatoms. The lowest BCUT2D eigenvalue weighted by Crippen LogP contribution is -2.40. The second-order valence-corrected chi connectivity index (χ2v) is 7.88. The number of nitrogens with zero attached hydrogens (tertiary/aromatic N) is 2. The minimum atomic E-state index is -1.03. The number of hydrogen-bond acceptors (Lipinski definition) is 7. The Morgan fingerprint density at radius 2 is 1.89 bits per heavy atom. The summed E-state index contributed by atoms with van der Waals surface area (Å²) in [6, 6.07) is -1.31. The Hall–Kier alpha value is -2.75. The van der Waals surface area contributed by atoms with Crippen molar-refractivity contribution in [1.29, 1.82) is 0 Å². The monoisotopic (exact) mass is 407 g/mol. The SMILES string of the molecule is CCOC(=O)c1c(NC(=O)CN2C(=O)C(=O)N(C(C)C)C2=O)sc2c1CCC2. The summed E-state index contributed by atoms with van der Waals surface area (Å²) in [6.45, 7) is 4.51. The van der Waals surface area contributed by atoms with Gasteiger partial charge >= 0.3 is 23.8 Å². The molecule has 150 valence electrons. The third-order valence-corrected chi connectivity index (χ3v) is 5.76. The molecule has 0 aromatic carbocycles. The van der Waals surface area contributed by atoms with Crippen LogP contribution in [0.4, 0.5) is 9.80 Å². The van der Waals surface area contributed by atoms with Gasteiger partial charge in [-0.15, -0.1) is 11.3 Å². The molecule has 0 saturated carbocycles. The highest BCUT2D eigenvalue weighted by atomic mass is 32.1. The largest absolute Gasteiger partial charge is 0.462 e. The van der Waals surface area contributed by atoms with E-state index < -0.39 is 42.3 Å². The van der Waals surface area contributed by atoms with Crippen molar-refractivity contribution in [3.05, 3.63) is 16.0 Å². The van der Waals surface area contributed by atoms with E-state index in [4.69, 9.17) is 4.74 Å². The number of anilines is 1. The highest BCUT2D eigenvalue weighted by molar-refractivity contribution is 7.17. The van der Waals surface area contributed by atoms with Crippen molar-refractivity contribution in [3.63, 3.8) is 0 Å². The van der Waals surface area contributed by atoms with Gasteiger partial charge < -0.3 is 10.1 Å². The summed E-state index contributed by atoms with van der Waals surface area (Å²) >= 11 is 1.30. The van der Waals surface area contributed by atoms with E-state index in [9.17, 15) is 24.0 Å². The zero-order valence-electron chi connectivity index (χ0n) is 15.9. The Kier molecular flexibility index (Phi) is 5.50. The van der Waals surface area contributed by atoms with Crippen molar-refractivity contribution in [1.82, 2.24) is 9.80 Å². The molecule has 0 radical (unpaired) electrons. The summed E-state index contributed by atoms with van der Waals surface area (Å²) < 4.78 is 5.10. The lowest BCUT2D eigenvalue weighted by Gasteiger charge is -2.18. The number of carbonyl (C=O) groups excluding carboxylic acids is 5. The van der Waals surface area contributed by atoms with Gasteiger partial charge in [0.25, 0.3) is 0 Å². The van der Waals surface area contributed by atoms with Crippen molar-refractivity contribution in [2.24, 2.45) is 0 Å². The van der Waals surface area contributed by atoms with Gasteiger partial charge in [0.15, 0.2) is 0 Å². The molecule has 2 aliphatic rings. The second-order valence-electron chi connectivity index (χ2n) is 6.77. The molecule has 2 heterocycles. The van der Waals surface area contributed by atoms with Gasteiger partial charge in [-0.25, -0.2) is 14.5 Å². The number of rotatable bonds is 6. The van der Waals surface area contributed by atoms with Gasteiger partial charge in [-0.3, -0.25) is 19.3 Å². The molecule has 1 N–H and O–H groups in total. The van der Waals surface area contributed by atoms with Crippen LogP contribution in [0.2, 0.25) is 0 Å². The van der Waals surface area contributed by atoms with E-state index in [-0.39, 0.29) is 6.61 Å². The minimum Gasteiger partial charge on any atom is -0.462 e. The fraction of sp³-hybridized carbons (Fsp3) is 0.500. The van der Waals surface area contributed by atoms with Gasteiger partial charge in [0.05, 0.1) is 12.2 Å². The van der Waals surface area contributed by atoms with Crippen molar-refractivity contribution in [2.45, 2.75) is 46.1 Å². The molecular formula is C18H21N3O6S. The molecule has 28 heavy (non-hydrogen) atoms. The minimum absolute atomic E-state index is 0.209. The predicted molar refractivity (Wildman–Crippen MR) is 100 cm³/mol. The molecule has 1 aromatic rings. The average Bonchev–Trinajstić information content (AvgIpc) is 3.24. The van der Waals surface area contributed by atoms with E-state index in [1.165, 1.54) is 11.3 Å². The molecule has 1 aliphatic carbocycles. The molecule has 9 nitrogen and oxygen atoms in total. The number of fused-ring (bicyclic) bond motifs is 1. The third kappa shape index (κ3) is 3.39. The number of urea groups is 1. The van der Waals surface area contributed by atoms with Gasteiger partial charge in [0.2, 0.25) is 5.91 Å². The maximum atomic E-state index is 12.5. The number of carbonyl (C=O) groups is 5. The number of imide groups is 2. The van der Waals surface area contributed by atoms with Crippen molar-refractivity contribution >= 4 is 46.1 Å². The first-order valence-corrected chi connectivity index (χ1v) is 9.88. The quantitative estimate of drug-likeness (QED) is 0.435. The number of nitrogens with one attached hydrogen (secondary N) is 1. The Bertz CT molecular complexity index is 875. The maximum Gasteiger partial charge on any atom is 0.341 e. The van der Waals surface area contributed by atoms with Crippen LogP contribution in [-0.2, 0) is 32.0 Å². The molecule has 1 fully saturated rings. The highest BCUT2D eigenvalue weighted by Gasteiger charge is 2.46. The Labute approximate surface area is 165 Å². The third-order valence-electron chi connectivity index (χ3n) is 4.56. The van der Waals surface area contributed by atoms with Crippen molar-refractivity contribution in [3.8, 4) is 0 Å². The molecule has 1 aromatic heterocycles. The number of thiophene rings is 1. The van der Waals surface area contributed by atoms with Crippen molar-refractivity contribution < 1.29 is 28.7 Å². The van der Waals surface area contributed by atoms with E-state index in [0.717, 1.165) is 34.6 Å². The number of aryl methyl sites for hydroxylation is 1. The van der Waals surface area contributed by atoms with E-state index >= 15 is 0 Å². The summed E-state index contributed by atoms with van der Waals surface area (Å²) in [7, 11) is 0. The number of ether oxygens (including phenoxy) is 1. The molecule has 0 atom stereocenters. The summed E-state index contributed by atoms with van der Waals surface area (Å²) in [6.07, 6.45) is 2.49. The van der Waals surface area contributed by atoms with Crippen LogP contribution >= 0.6 is 11.3 Å². The van der Waals surface area contributed by atoms with Gasteiger partial charge in [-0.05, 0) is 45.6 Å². The zero-order chi connectivity index (χ0) is 20.6. The lowest BCUT2D eigenvalue weighted by molar-refractivity contribution is -0.144. The highest BCUT2D eigenvalue weighted by Crippen LogP contribution is 2.39. The van der Waals surface area contributed by atoms with Crippen molar-refractivity contribution in [2.75, 3.05) is 18.5 Å². The topological polar surface area (TPSA) is 113 Å². The molecule has 1 aliphatic heterocycles. The van der Waals surface area contributed by atoms with Gasteiger partial charge in [-0.1, -0.05) is 0 Å². The summed E-state index contributed by atoms with van der Waals surface area (Å²) in [5.74, 6) is -3.15. The van der Waals surface area contributed by atoms with Crippen LogP contribution < -0.4 is 5.32 Å². The Morgan fingerprint density at radius 3 is 2.50 bits per heavy atom. The molecule has 3 rings (SSSR count). The second kappa shape index (κ2) is 7.70. The van der Waals surface area contributed by atoms with E-state index in [0.29, 0.717) is 15.5 Å². The number of amides is 5. The first kappa shape index (κ1) is 20.0. The summed E-state index contributed by atoms with van der Waals surface area (Å²) in [5.41, 5.74) is 1.22. The molecule has 0 unspecified atom stereocenters. The smallest absolute Gasteiger partial charge is 0.341 e. The number of hydrogen-bond donors (Lipinski definition) is 1.